The summed E-state index contributed by atoms with van der Waals surface area (Å²) in [5.41, 5.74) is 5.22. The van der Waals surface area contributed by atoms with E-state index in [1.165, 1.54) is 10.1 Å². The van der Waals surface area contributed by atoms with E-state index in [0.29, 0.717) is 11.2 Å². The van der Waals surface area contributed by atoms with Gasteiger partial charge in [-0.3, -0.25) is 9.89 Å². The summed E-state index contributed by atoms with van der Waals surface area (Å²) in [6, 6.07) is 10.1. The van der Waals surface area contributed by atoms with E-state index in [1.54, 1.807) is 6.92 Å². The van der Waals surface area contributed by atoms with Crippen LogP contribution in [0.15, 0.2) is 35.1 Å². The highest BCUT2D eigenvalue weighted by molar-refractivity contribution is 5.64. The number of hydrogen-bond donors (Lipinski definition) is 1. The Morgan fingerprint density at radius 3 is 2.47 bits per heavy atom. The number of H-pyrrole nitrogens is 1. The van der Waals surface area contributed by atoms with Gasteiger partial charge in [0.05, 0.1) is 5.69 Å². The molecule has 1 aromatic carbocycles. The largest absolute Gasteiger partial charge is 0.289 e. The molecule has 0 aliphatic rings. The van der Waals surface area contributed by atoms with Crippen LogP contribution in [0.5, 0.6) is 0 Å². The third-order valence-electron chi connectivity index (χ3n) is 3.45. The van der Waals surface area contributed by atoms with Crippen LogP contribution in [0.1, 0.15) is 16.8 Å². The summed E-state index contributed by atoms with van der Waals surface area (Å²) in [4.78, 5) is 16.6. The van der Waals surface area contributed by atoms with Gasteiger partial charge in [0.2, 0.25) is 0 Å². The lowest BCUT2D eigenvalue weighted by atomic mass is 10.1. The first-order valence-electron chi connectivity index (χ1n) is 6.22. The Balaban J connectivity index is 2.25. The fourth-order valence-corrected chi connectivity index (χ4v) is 2.10. The van der Waals surface area contributed by atoms with Crippen molar-refractivity contribution in [1.29, 1.82) is 0 Å². The molecule has 3 aromatic rings. The smallest absolute Gasteiger partial charge is 0.275 e. The number of fused-ring (bicyclic) bond motifs is 1. The summed E-state index contributed by atoms with van der Waals surface area (Å²) in [6.07, 6.45) is 0. The topological polar surface area (TPSA) is 50.2 Å². The molecule has 0 saturated heterocycles. The number of benzene rings is 1. The molecule has 0 aliphatic carbocycles. The molecule has 2 aromatic heterocycles. The zero-order chi connectivity index (χ0) is 13.6. The van der Waals surface area contributed by atoms with E-state index in [1.807, 2.05) is 44.2 Å². The van der Waals surface area contributed by atoms with Crippen molar-refractivity contribution in [3.8, 4) is 11.3 Å². The Morgan fingerprint density at radius 2 is 1.79 bits per heavy atom. The summed E-state index contributed by atoms with van der Waals surface area (Å²) in [6.45, 7) is 5.70. The number of aryl methyl sites for hydroxylation is 2. The Labute approximate surface area is 110 Å². The average molecular weight is 253 g/mol. The third-order valence-corrected chi connectivity index (χ3v) is 3.45. The van der Waals surface area contributed by atoms with E-state index in [2.05, 4.69) is 10.1 Å². The fraction of sp³-hybridized carbons (Fsp3) is 0.200. The predicted molar refractivity (Wildman–Crippen MR) is 75.5 cm³/mol. The van der Waals surface area contributed by atoms with Crippen molar-refractivity contribution >= 4 is 5.65 Å². The molecule has 0 spiro atoms. The van der Waals surface area contributed by atoms with Gasteiger partial charge >= 0.3 is 0 Å². The molecule has 0 atom stereocenters. The third kappa shape index (κ3) is 1.85. The number of aromatic amines is 1. The second-order valence-electron chi connectivity index (χ2n) is 4.86. The maximum atomic E-state index is 12.1. The number of rotatable bonds is 1. The maximum Gasteiger partial charge on any atom is 0.275 e. The van der Waals surface area contributed by atoms with Gasteiger partial charge in [-0.05, 0) is 26.3 Å². The van der Waals surface area contributed by atoms with Crippen LogP contribution in [-0.2, 0) is 0 Å². The van der Waals surface area contributed by atoms with Gasteiger partial charge in [-0.1, -0.05) is 29.8 Å². The van der Waals surface area contributed by atoms with Gasteiger partial charge in [0.25, 0.3) is 5.56 Å². The van der Waals surface area contributed by atoms with Crippen LogP contribution in [0.3, 0.4) is 0 Å². The van der Waals surface area contributed by atoms with Gasteiger partial charge in [-0.15, -0.1) is 0 Å². The first kappa shape index (κ1) is 11.7. The molecular formula is C15H15N3O. The molecule has 0 amide bonds. The molecule has 0 saturated carbocycles. The Morgan fingerprint density at radius 1 is 1.11 bits per heavy atom. The van der Waals surface area contributed by atoms with Crippen LogP contribution in [0.25, 0.3) is 16.9 Å². The van der Waals surface area contributed by atoms with Gasteiger partial charge < -0.3 is 0 Å². The summed E-state index contributed by atoms with van der Waals surface area (Å²) in [7, 11) is 0. The molecule has 0 bridgehead atoms. The highest BCUT2D eigenvalue weighted by Gasteiger charge is 2.09. The van der Waals surface area contributed by atoms with Crippen molar-refractivity contribution in [2.24, 2.45) is 0 Å². The van der Waals surface area contributed by atoms with E-state index >= 15 is 0 Å². The molecular weight excluding hydrogens is 238 g/mol. The molecule has 0 unspecified atom stereocenters. The lowest BCUT2D eigenvalue weighted by Crippen LogP contribution is -2.19. The van der Waals surface area contributed by atoms with E-state index in [0.717, 1.165) is 17.0 Å². The minimum absolute atomic E-state index is 0.0409. The molecule has 96 valence electrons. The van der Waals surface area contributed by atoms with Gasteiger partial charge in [-0.25, -0.2) is 9.50 Å². The van der Waals surface area contributed by atoms with Crippen molar-refractivity contribution in [2.75, 3.05) is 0 Å². The summed E-state index contributed by atoms with van der Waals surface area (Å²) < 4.78 is 1.50. The molecule has 0 radical (unpaired) electrons. The van der Waals surface area contributed by atoms with E-state index in [4.69, 9.17) is 0 Å². The van der Waals surface area contributed by atoms with Gasteiger partial charge in [-0.2, -0.15) is 0 Å². The highest BCUT2D eigenvalue weighted by Crippen LogP contribution is 2.19. The zero-order valence-corrected chi connectivity index (χ0v) is 11.2. The van der Waals surface area contributed by atoms with E-state index < -0.39 is 0 Å². The Bertz CT molecular complexity index is 810. The van der Waals surface area contributed by atoms with Crippen molar-refractivity contribution < 1.29 is 0 Å². The highest BCUT2D eigenvalue weighted by atomic mass is 16.1. The van der Waals surface area contributed by atoms with Gasteiger partial charge in [0.1, 0.15) is 0 Å². The van der Waals surface area contributed by atoms with Crippen LogP contribution < -0.4 is 5.56 Å². The molecule has 3 rings (SSSR count). The van der Waals surface area contributed by atoms with Crippen molar-refractivity contribution in [1.82, 2.24) is 14.6 Å². The van der Waals surface area contributed by atoms with Crippen LogP contribution in [0.4, 0.5) is 0 Å². The lowest BCUT2D eigenvalue weighted by molar-refractivity contribution is 0.876. The minimum atomic E-state index is -0.0409. The first-order valence-corrected chi connectivity index (χ1v) is 6.22. The SMILES string of the molecule is Cc1ccc(-c2cc3nc(C)c(C)c(=O)n3[nH]2)cc1. The average Bonchev–Trinajstić information content (AvgIpc) is 2.81. The predicted octanol–water partition coefficient (Wildman–Crippen LogP) is 2.61. The Hall–Kier alpha value is -2.36. The maximum absolute atomic E-state index is 12.1. The number of hydrogen-bond acceptors (Lipinski definition) is 2. The van der Waals surface area contributed by atoms with Crippen LogP contribution in [0, 0.1) is 20.8 Å². The Kier molecular flexibility index (Phi) is 2.52. The van der Waals surface area contributed by atoms with Crippen LogP contribution in [-0.4, -0.2) is 14.6 Å². The molecule has 4 nitrogen and oxygen atoms in total. The minimum Gasteiger partial charge on any atom is -0.289 e. The van der Waals surface area contributed by atoms with Gasteiger partial charge in [0, 0.05) is 17.3 Å². The quantitative estimate of drug-likeness (QED) is 0.724. The lowest BCUT2D eigenvalue weighted by Gasteiger charge is -1.99. The van der Waals surface area contributed by atoms with Crippen LogP contribution in [0.2, 0.25) is 0 Å². The number of aromatic nitrogens is 3. The molecule has 0 aliphatic heterocycles. The second-order valence-corrected chi connectivity index (χ2v) is 4.86. The van der Waals surface area contributed by atoms with Gasteiger partial charge in [0.15, 0.2) is 5.65 Å². The fourth-order valence-electron chi connectivity index (χ4n) is 2.10. The molecule has 2 heterocycles. The summed E-state index contributed by atoms with van der Waals surface area (Å²) in [5, 5.41) is 3.11. The number of nitrogens with one attached hydrogen (secondary N) is 1. The molecule has 19 heavy (non-hydrogen) atoms. The van der Waals surface area contributed by atoms with E-state index in [-0.39, 0.29) is 5.56 Å². The normalized spacial score (nSPS) is 11.1. The van der Waals surface area contributed by atoms with Crippen molar-refractivity contribution in [2.45, 2.75) is 20.8 Å². The standard InChI is InChI=1S/C15H15N3O/c1-9-4-6-12(7-5-9)13-8-14-16-11(3)10(2)15(19)18(14)17-13/h4-8,17H,1-3H3. The molecule has 0 fully saturated rings. The van der Waals surface area contributed by atoms with Crippen molar-refractivity contribution in [3.63, 3.8) is 0 Å². The number of nitrogens with zero attached hydrogens (tertiary/aromatic N) is 2. The summed E-state index contributed by atoms with van der Waals surface area (Å²) >= 11 is 0. The zero-order valence-electron chi connectivity index (χ0n) is 11.2. The van der Waals surface area contributed by atoms with E-state index in [9.17, 15) is 4.79 Å². The first-order chi connectivity index (χ1) is 9.06. The molecule has 1 N–H and O–H groups in total. The van der Waals surface area contributed by atoms with Crippen molar-refractivity contribution in [3.05, 3.63) is 57.5 Å². The second kappa shape index (κ2) is 4.09. The monoisotopic (exact) mass is 253 g/mol. The summed E-state index contributed by atoms with van der Waals surface area (Å²) in [5.74, 6) is 0. The van der Waals surface area contributed by atoms with Crippen LogP contribution >= 0.6 is 0 Å². The molecule has 4 heteroatoms.